The zero-order valence-corrected chi connectivity index (χ0v) is 20.9. The van der Waals surface area contributed by atoms with Crippen molar-refractivity contribution >= 4 is 40.7 Å². The molecule has 0 saturated carbocycles. The van der Waals surface area contributed by atoms with Gasteiger partial charge in [-0.25, -0.2) is 5.10 Å². The van der Waals surface area contributed by atoms with Crippen LogP contribution >= 0.6 is 12.4 Å². The number of amides is 2. The van der Waals surface area contributed by atoms with Gasteiger partial charge in [0.25, 0.3) is 0 Å². The Morgan fingerprint density at radius 2 is 1.89 bits per heavy atom. The number of nitrogens with one attached hydrogen (secondary N) is 3. The number of para-hydroxylation sites is 1. The Kier molecular flexibility index (Phi) is 7.61. The lowest BCUT2D eigenvalue weighted by atomic mass is 9.99. The standard InChI is InChI=1S/C26H27N7O2.ClH/c1-16(27-2)25(34)28-22-14-13-17-7-3-4-12-23(17)33(26(22)35)15-18-8-5-10-20-19(18)9-6-11-21(20)24-29-31-32-30-24;/h3-12,16,22,27H,13-15H2,1-2H3,(H,28,34)(H,29,30,31,32);1H. The molecule has 2 heterocycles. The van der Waals surface area contributed by atoms with Gasteiger partial charge < -0.3 is 15.5 Å². The Labute approximate surface area is 215 Å². The van der Waals surface area contributed by atoms with E-state index in [0.29, 0.717) is 25.2 Å². The van der Waals surface area contributed by atoms with Gasteiger partial charge in [-0.1, -0.05) is 54.6 Å². The van der Waals surface area contributed by atoms with Crippen LogP contribution < -0.4 is 15.5 Å². The summed E-state index contributed by atoms with van der Waals surface area (Å²) in [7, 11) is 1.73. The summed E-state index contributed by atoms with van der Waals surface area (Å²) in [4.78, 5) is 28.2. The number of H-pyrrole nitrogens is 1. The van der Waals surface area contributed by atoms with Crippen molar-refractivity contribution in [2.24, 2.45) is 0 Å². The van der Waals surface area contributed by atoms with Crippen molar-refractivity contribution < 1.29 is 9.59 Å². The number of aromatic amines is 1. The maximum absolute atomic E-state index is 13.8. The van der Waals surface area contributed by atoms with Crippen LogP contribution in [0.5, 0.6) is 0 Å². The highest BCUT2D eigenvalue weighted by molar-refractivity contribution is 6.02. The number of nitrogens with zero attached hydrogens (tertiary/aromatic N) is 4. The van der Waals surface area contributed by atoms with Gasteiger partial charge in [0.2, 0.25) is 11.8 Å². The van der Waals surface area contributed by atoms with Crippen LogP contribution in [-0.2, 0) is 22.6 Å². The van der Waals surface area contributed by atoms with Crippen molar-refractivity contribution in [3.63, 3.8) is 0 Å². The second kappa shape index (κ2) is 10.8. The normalized spacial score (nSPS) is 16.1. The van der Waals surface area contributed by atoms with Gasteiger partial charge in [-0.05, 0) is 65.2 Å². The van der Waals surface area contributed by atoms with Gasteiger partial charge in [0.1, 0.15) is 6.04 Å². The first-order valence-corrected chi connectivity index (χ1v) is 11.7. The first kappa shape index (κ1) is 25.3. The first-order chi connectivity index (χ1) is 17.1. The molecule has 1 aromatic heterocycles. The predicted molar refractivity (Wildman–Crippen MR) is 141 cm³/mol. The lowest BCUT2D eigenvalue weighted by molar-refractivity contribution is -0.128. The van der Waals surface area contributed by atoms with Crippen LogP contribution in [0.1, 0.15) is 24.5 Å². The third-order valence-corrected chi connectivity index (χ3v) is 6.63. The highest BCUT2D eigenvalue weighted by atomic mass is 35.5. The summed E-state index contributed by atoms with van der Waals surface area (Å²) in [5.74, 6) is 0.289. The highest BCUT2D eigenvalue weighted by Crippen LogP contribution is 2.32. The Balaban J connectivity index is 0.00000304. The minimum atomic E-state index is -0.600. The number of rotatable bonds is 6. The maximum atomic E-state index is 13.8. The molecule has 0 aliphatic carbocycles. The average Bonchev–Trinajstić information content (AvgIpc) is 3.39. The molecule has 3 aromatic carbocycles. The molecule has 0 saturated heterocycles. The predicted octanol–water partition coefficient (Wildman–Crippen LogP) is 3.01. The number of anilines is 1. The largest absolute Gasteiger partial charge is 0.343 e. The first-order valence-electron chi connectivity index (χ1n) is 11.7. The van der Waals surface area contributed by atoms with Crippen LogP contribution in [0.2, 0.25) is 0 Å². The van der Waals surface area contributed by atoms with E-state index in [4.69, 9.17) is 0 Å². The van der Waals surface area contributed by atoms with E-state index in [9.17, 15) is 9.59 Å². The number of halogens is 1. The van der Waals surface area contributed by atoms with E-state index in [1.54, 1.807) is 18.9 Å². The van der Waals surface area contributed by atoms with Crippen LogP contribution in [0, 0.1) is 0 Å². The topological polar surface area (TPSA) is 116 Å². The van der Waals surface area contributed by atoms with Crippen LogP contribution in [0.3, 0.4) is 0 Å². The molecule has 0 fully saturated rings. The molecule has 2 atom stereocenters. The van der Waals surface area contributed by atoms with E-state index < -0.39 is 6.04 Å². The van der Waals surface area contributed by atoms with Gasteiger partial charge in [-0.3, -0.25) is 9.59 Å². The lowest BCUT2D eigenvalue weighted by Gasteiger charge is -2.27. The number of aryl methyl sites for hydroxylation is 1. The number of aromatic nitrogens is 4. The fourth-order valence-electron chi connectivity index (χ4n) is 4.60. The van der Waals surface area contributed by atoms with Gasteiger partial charge in [0.05, 0.1) is 12.6 Å². The molecule has 5 rings (SSSR count). The Morgan fingerprint density at radius 1 is 1.11 bits per heavy atom. The van der Waals surface area contributed by atoms with Gasteiger partial charge in [-0.15, -0.1) is 17.5 Å². The van der Waals surface area contributed by atoms with Crippen molar-refractivity contribution in [1.82, 2.24) is 31.3 Å². The number of hydrogen-bond donors (Lipinski definition) is 3. The van der Waals surface area contributed by atoms with E-state index in [-0.39, 0.29) is 30.3 Å². The fourth-order valence-corrected chi connectivity index (χ4v) is 4.60. The molecule has 1 aliphatic rings. The minimum absolute atomic E-state index is 0. The van der Waals surface area contributed by atoms with Crippen molar-refractivity contribution in [2.75, 3.05) is 11.9 Å². The second-order valence-corrected chi connectivity index (χ2v) is 8.73. The van der Waals surface area contributed by atoms with E-state index in [2.05, 4.69) is 31.3 Å². The zero-order chi connectivity index (χ0) is 24.4. The molecular weight excluding hydrogens is 478 g/mol. The van der Waals surface area contributed by atoms with E-state index >= 15 is 0 Å². The van der Waals surface area contributed by atoms with Crippen LogP contribution in [0.25, 0.3) is 22.2 Å². The number of tetrazole rings is 1. The van der Waals surface area contributed by atoms with Gasteiger partial charge in [0, 0.05) is 11.3 Å². The van der Waals surface area contributed by atoms with Crippen molar-refractivity contribution in [1.29, 1.82) is 0 Å². The Morgan fingerprint density at radius 3 is 2.67 bits per heavy atom. The fraction of sp³-hybridized carbons (Fsp3) is 0.269. The average molecular weight is 506 g/mol. The van der Waals surface area contributed by atoms with E-state index in [1.807, 2.05) is 60.7 Å². The van der Waals surface area contributed by atoms with Crippen molar-refractivity contribution in [2.45, 2.75) is 38.4 Å². The molecule has 0 radical (unpaired) electrons. The minimum Gasteiger partial charge on any atom is -0.343 e. The molecule has 10 heteroatoms. The van der Waals surface area contributed by atoms with Crippen LogP contribution in [0.4, 0.5) is 5.69 Å². The lowest BCUT2D eigenvalue weighted by Crippen LogP contribution is -2.52. The number of carbonyl (C=O) groups is 2. The van der Waals surface area contributed by atoms with Crippen molar-refractivity contribution in [3.8, 4) is 11.4 Å². The molecule has 186 valence electrons. The number of likely N-dealkylation sites (N-methyl/N-ethyl adjacent to an activating group) is 1. The number of benzene rings is 3. The van der Waals surface area contributed by atoms with Gasteiger partial charge in [0.15, 0.2) is 5.82 Å². The van der Waals surface area contributed by atoms with Gasteiger partial charge in [-0.2, -0.15) is 0 Å². The van der Waals surface area contributed by atoms with E-state index in [1.165, 1.54) is 0 Å². The monoisotopic (exact) mass is 505 g/mol. The molecule has 9 nitrogen and oxygen atoms in total. The van der Waals surface area contributed by atoms with Gasteiger partial charge >= 0.3 is 0 Å². The molecular formula is C26H28ClN7O2. The molecule has 1 aliphatic heterocycles. The summed E-state index contributed by atoms with van der Waals surface area (Å²) < 4.78 is 0. The third kappa shape index (κ3) is 4.80. The zero-order valence-electron chi connectivity index (χ0n) is 20.1. The molecule has 0 bridgehead atoms. The summed E-state index contributed by atoms with van der Waals surface area (Å²) in [5.41, 5.74) is 3.86. The highest BCUT2D eigenvalue weighted by Gasteiger charge is 2.32. The van der Waals surface area contributed by atoms with Crippen molar-refractivity contribution in [3.05, 3.63) is 71.8 Å². The molecule has 3 N–H and O–H groups in total. The Bertz CT molecular complexity index is 1380. The number of fused-ring (bicyclic) bond motifs is 2. The summed E-state index contributed by atoms with van der Waals surface area (Å²) in [6.07, 6.45) is 1.25. The summed E-state index contributed by atoms with van der Waals surface area (Å²) in [5, 5.41) is 22.2. The second-order valence-electron chi connectivity index (χ2n) is 8.73. The van der Waals surface area contributed by atoms with E-state index in [0.717, 1.165) is 33.2 Å². The smallest absolute Gasteiger partial charge is 0.249 e. The molecule has 4 aromatic rings. The molecule has 2 unspecified atom stereocenters. The van der Waals surface area contributed by atoms with Crippen LogP contribution in [0.15, 0.2) is 60.7 Å². The molecule has 2 amide bonds. The molecule has 0 spiro atoms. The summed E-state index contributed by atoms with van der Waals surface area (Å²) >= 11 is 0. The molecule has 36 heavy (non-hydrogen) atoms. The maximum Gasteiger partial charge on any atom is 0.249 e. The summed E-state index contributed by atoms with van der Waals surface area (Å²) in [6.45, 7) is 2.15. The number of carbonyl (C=O) groups excluding carboxylic acids is 2. The van der Waals surface area contributed by atoms with Crippen LogP contribution in [-0.4, -0.2) is 51.6 Å². The SMILES string of the molecule is CNC(C)C(=O)NC1CCc2ccccc2N(Cc2cccc3c(-c4nnn[nH]4)cccc23)C1=O.Cl. The Hall–Kier alpha value is -3.82. The number of hydrogen-bond acceptors (Lipinski definition) is 6. The quantitative estimate of drug-likeness (QED) is 0.371. The third-order valence-electron chi connectivity index (χ3n) is 6.63. The summed E-state index contributed by atoms with van der Waals surface area (Å²) in [6, 6.07) is 19.0.